The van der Waals surface area contributed by atoms with Crippen LogP contribution in [0.3, 0.4) is 0 Å². The molecule has 0 aliphatic carbocycles. The Morgan fingerprint density at radius 1 is 1.09 bits per heavy atom. The lowest BCUT2D eigenvalue weighted by molar-refractivity contribution is -0.120. The average Bonchev–Trinajstić information content (AvgIpc) is 3.50. The Kier molecular flexibility index (Phi) is 6.09. The number of piperidine rings is 1. The van der Waals surface area contributed by atoms with Crippen molar-refractivity contribution in [3.05, 3.63) is 53.9 Å². The minimum Gasteiger partial charge on any atom is -0.370 e. The van der Waals surface area contributed by atoms with Gasteiger partial charge in [-0.25, -0.2) is 22.2 Å². The number of nitrogens with zero attached hydrogens (tertiary/aromatic N) is 2. The first-order valence-electron chi connectivity index (χ1n) is 11.2. The third-order valence-corrected chi connectivity index (χ3v) is 8.25. The van der Waals surface area contributed by atoms with E-state index in [0.717, 1.165) is 48.4 Å². The fourth-order valence-electron chi connectivity index (χ4n) is 4.44. The monoisotopic (exact) mass is 490 g/mol. The van der Waals surface area contributed by atoms with Crippen LogP contribution in [0.15, 0.2) is 41.3 Å². The number of imidazole rings is 1. The van der Waals surface area contributed by atoms with E-state index in [1.807, 2.05) is 12.1 Å². The molecule has 0 radical (unpaired) electrons. The molecule has 0 bridgehead atoms. The summed E-state index contributed by atoms with van der Waals surface area (Å²) in [6.45, 7) is 0.956. The van der Waals surface area contributed by atoms with Crippen LogP contribution in [0, 0.1) is 17.6 Å². The molecular weight excluding hydrogens is 466 g/mol. The second-order valence-corrected chi connectivity index (χ2v) is 10.5. The predicted octanol–water partition coefficient (Wildman–Crippen LogP) is 3.73. The molecule has 2 aromatic carbocycles. The first kappa shape index (κ1) is 22.9. The molecule has 1 amide bonds. The molecule has 1 aromatic heterocycles. The van der Waals surface area contributed by atoms with Crippen LogP contribution in [-0.4, -0.2) is 48.3 Å². The number of fused-ring (bicyclic) bond motifs is 1. The van der Waals surface area contributed by atoms with E-state index in [1.54, 1.807) is 6.07 Å². The summed E-state index contributed by atoms with van der Waals surface area (Å²) in [4.78, 5) is 20.3. The van der Waals surface area contributed by atoms with Gasteiger partial charge in [0.15, 0.2) is 11.6 Å². The number of sulfonamides is 1. The summed E-state index contributed by atoms with van der Waals surface area (Å²) in [6.07, 6.45) is 2.55. The normalized spacial score (nSPS) is 20.1. The van der Waals surface area contributed by atoms with E-state index in [1.165, 1.54) is 4.31 Å². The number of carbonyl (C=O) groups excluding carboxylic acids is 1. The summed E-state index contributed by atoms with van der Waals surface area (Å²) >= 11 is 0. The van der Waals surface area contributed by atoms with Crippen molar-refractivity contribution in [1.29, 1.82) is 0 Å². The van der Waals surface area contributed by atoms with Gasteiger partial charge < -0.3 is 15.0 Å². The van der Waals surface area contributed by atoms with Crippen molar-refractivity contribution in [1.82, 2.24) is 14.3 Å². The third kappa shape index (κ3) is 4.42. The van der Waals surface area contributed by atoms with Crippen molar-refractivity contribution in [2.75, 3.05) is 25.0 Å². The Labute approximate surface area is 195 Å². The molecule has 2 N–H and O–H groups in total. The number of benzene rings is 2. The molecular formula is C23H24F2N4O4S. The fraction of sp³-hybridized carbons (Fsp3) is 0.391. The molecule has 34 heavy (non-hydrogen) atoms. The van der Waals surface area contributed by atoms with Crippen LogP contribution in [-0.2, 0) is 19.6 Å². The molecule has 11 heteroatoms. The van der Waals surface area contributed by atoms with Crippen molar-refractivity contribution in [3.63, 3.8) is 0 Å². The van der Waals surface area contributed by atoms with Crippen LogP contribution >= 0.6 is 0 Å². The molecule has 3 aromatic rings. The molecule has 8 nitrogen and oxygen atoms in total. The Balaban J connectivity index is 1.22. The Morgan fingerprint density at radius 3 is 2.59 bits per heavy atom. The molecule has 2 aliphatic heterocycles. The van der Waals surface area contributed by atoms with Crippen LogP contribution in [0.2, 0.25) is 0 Å². The maximum absolute atomic E-state index is 13.5. The van der Waals surface area contributed by atoms with E-state index in [2.05, 4.69) is 15.3 Å². The number of hydrogen-bond acceptors (Lipinski definition) is 5. The van der Waals surface area contributed by atoms with Gasteiger partial charge in [-0.05, 0) is 62.1 Å². The molecule has 5 rings (SSSR count). The van der Waals surface area contributed by atoms with Gasteiger partial charge in [-0.15, -0.1) is 0 Å². The first-order valence-corrected chi connectivity index (χ1v) is 12.6. The highest BCUT2D eigenvalue weighted by Gasteiger charge is 2.32. The number of rotatable bonds is 5. The quantitative estimate of drug-likeness (QED) is 0.567. The van der Waals surface area contributed by atoms with E-state index >= 15 is 0 Å². The summed E-state index contributed by atoms with van der Waals surface area (Å²) in [6, 6.07) is 7.95. The highest BCUT2D eigenvalue weighted by Crippen LogP contribution is 2.29. The lowest BCUT2D eigenvalue weighted by Crippen LogP contribution is -2.41. The number of nitrogens with one attached hydrogen (secondary N) is 2. The van der Waals surface area contributed by atoms with Gasteiger partial charge >= 0.3 is 0 Å². The van der Waals surface area contributed by atoms with Crippen LogP contribution < -0.4 is 5.32 Å². The zero-order valence-electron chi connectivity index (χ0n) is 18.3. The number of aromatic nitrogens is 2. The van der Waals surface area contributed by atoms with Crippen LogP contribution in [0.5, 0.6) is 0 Å². The van der Waals surface area contributed by atoms with E-state index in [4.69, 9.17) is 4.74 Å². The largest absolute Gasteiger partial charge is 0.370 e. The lowest BCUT2D eigenvalue weighted by atomic mass is 9.97. The maximum Gasteiger partial charge on any atom is 0.243 e. The lowest BCUT2D eigenvalue weighted by Gasteiger charge is -2.30. The summed E-state index contributed by atoms with van der Waals surface area (Å²) in [5.74, 6) is -2.09. The third-order valence-electron chi connectivity index (χ3n) is 6.36. The highest BCUT2D eigenvalue weighted by molar-refractivity contribution is 7.89. The molecule has 2 fully saturated rings. The van der Waals surface area contributed by atoms with E-state index in [-0.39, 0.29) is 35.9 Å². The van der Waals surface area contributed by atoms with Gasteiger partial charge in [-0.1, -0.05) is 0 Å². The first-order chi connectivity index (χ1) is 16.3. The molecule has 0 saturated carbocycles. The summed E-state index contributed by atoms with van der Waals surface area (Å²) in [5.41, 5.74) is 2.21. The zero-order chi connectivity index (χ0) is 23.9. The van der Waals surface area contributed by atoms with Crippen LogP contribution in [0.4, 0.5) is 14.5 Å². The van der Waals surface area contributed by atoms with Crippen LogP contribution in [0.1, 0.15) is 37.6 Å². The molecule has 1 unspecified atom stereocenters. The summed E-state index contributed by atoms with van der Waals surface area (Å²) in [7, 11) is -3.96. The van der Waals surface area contributed by atoms with Gasteiger partial charge in [0.1, 0.15) is 11.9 Å². The van der Waals surface area contributed by atoms with Crippen molar-refractivity contribution in [3.8, 4) is 0 Å². The second kappa shape index (κ2) is 9.05. The summed E-state index contributed by atoms with van der Waals surface area (Å²) < 4.78 is 59.1. The zero-order valence-corrected chi connectivity index (χ0v) is 19.1. The molecule has 1 atom stereocenters. The van der Waals surface area contributed by atoms with Gasteiger partial charge in [0, 0.05) is 31.3 Å². The topological polar surface area (TPSA) is 104 Å². The van der Waals surface area contributed by atoms with Crippen molar-refractivity contribution in [2.24, 2.45) is 5.92 Å². The molecule has 180 valence electrons. The Morgan fingerprint density at radius 2 is 1.88 bits per heavy atom. The van der Waals surface area contributed by atoms with Crippen molar-refractivity contribution >= 4 is 32.7 Å². The molecule has 2 saturated heterocycles. The number of ether oxygens (including phenoxy) is 1. The van der Waals surface area contributed by atoms with Gasteiger partial charge in [0.05, 0.1) is 15.9 Å². The molecule has 2 aliphatic rings. The van der Waals surface area contributed by atoms with E-state index < -0.39 is 21.7 Å². The number of aromatic amines is 1. The Bertz CT molecular complexity index is 1330. The van der Waals surface area contributed by atoms with Crippen molar-refractivity contribution in [2.45, 2.75) is 36.7 Å². The van der Waals surface area contributed by atoms with Gasteiger partial charge in [-0.3, -0.25) is 4.79 Å². The second-order valence-electron chi connectivity index (χ2n) is 8.60. The van der Waals surface area contributed by atoms with Crippen LogP contribution in [0.25, 0.3) is 11.0 Å². The smallest absolute Gasteiger partial charge is 0.243 e. The standard InChI is InChI=1S/C23H24F2N4O4S/c24-17-5-4-16(13-18(17)25)34(31,32)29-9-7-14(8-10-29)23(30)26-15-3-6-19-20(12-15)28-22(27-19)21-2-1-11-33-21/h3-6,12-14,21H,1-2,7-11H2,(H,26,30)(H,27,28). The fourth-order valence-corrected chi connectivity index (χ4v) is 5.92. The number of amides is 1. The number of hydrogen-bond donors (Lipinski definition) is 2. The molecule has 0 spiro atoms. The predicted molar refractivity (Wildman–Crippen MR) is 120 cm³/mol. The SMILES string of the molecule is O=C(Nc1ccc2nc(C3CCCO3)[nH]c2c1)C1CCN(S(=O)(=O)c2ccc(F)c(F)c2)CC1. The Hall–Kier alpha value is -2.89. The number of carbonyl (C=O) groups is 1. The highest BCUT2D eigenvalue weighted by atomic mass is 32.2. The van der Waals surface area contributed by atoms with E-state index in [0.29, 0.717) is 24.6 Å². The van der Waals surface area contributed by atoms with Gasteiger partial charge in [-0.2, -0.15) is 4.31 Å². The maximum atomic E-state index is 13.5. The van der Waals surface area contributed by atoms with E-state index in [9.17, 15) is 22.0 Å². The minimum atomic E-state index is -3.96. The average molecular weight is 491 g/mol. The van der Waals surface area contributed by atoms with Crippen molar-refractivity contribution < 1.29 is 26.7 Å². The van der Waals surface area contributed by atoms with Gasteiger partial charge in [0.2, 0.25) is 15.9 Å². The number of anilines is 1. The summed E-state index contributed by atoms with van der Waals surface area (Å²) in [5, 5.41) is 2.90. The number of H-pyrrole nitrogens is 1. The number of halogens is 2. The molecule has 3 heterocycles. The minimum absolute atomic E-state index is 0.0293. The van der Waals surface area contributed by atoms with Gasteiger partial charge in [0.25, 0.3) is 0 Å².